The zero-order valence-electron chi connectivity index (χ0n) is 20.8. The number of aliphatic carboxylic acids is 1. The fraction of sp³-hybridized carbons (Fsp3) is 0.370. The third kappa shape index (κ3) is 7.23. The molecule has 204 valence electrons. The molecule has 0 saturated heterocycles. The van der Waals surface area contributed by atoms with Crippen LogP contribution in [0.25, 0.3) is 0 Å². The Morgan fingerprint density at radius 2 is 1.97 bits per heavy atom. The Bertz CT molecular complexity index is 1370. The number of hydrogen-bond acceptors (Lipinski definition) is 8. The number of amides is 1. The molecule has 1 fully saturated rings. The molecule has 1 heterocycles. The number of benzene rings is 2. The molecule has 5 N–H and O–H groups in total. The summed E-state index contributed by atoms with van der Waals surface area (Å²) < 4.78 is 13.3. The lowest BCUT2D eigenvalue weighted by atomic mass is 9.87. The number of nitriles is 1. The summed E-state index contributed by atoms with van der Waals surface area (Å²) in [4.78, 5) is 41.1. The summed E-state index contributed by atoms with van der Waals surface area (Å²) in [6.07, 6.45) is -0.219. The van der Waals surface area contributed by atoms with Gasteiger partial charge >= 0.3 is 5.97 Å². The van der Waals surface area contributed by atoms with Gasteiger partial charge in [0.15, 0.2) is 11.7 Å². The van der Waals surface area contributed by atoms with Gasteiger partial charge in [-0.15, -0.1) is 0 Å². The molecule has 12 heteroatoms. The zero-order chi connectivity index (χ0) is 28.2. The summed E-state index contributed by atoms with van der Waals surface area (Å²) >= 11 is 6.27. The van der Waals surface area contributed by atoms with E-state index in [0.717, 1.165) is 0 Å². The minimum absolute atomic E-state index is 0.0117. The number of carbonyl (C=O) groups is 3. The van der Waals surface area contributed by atoms with Gasteiger partial charge in [-0.3, -0.25) is 14.4 Å². The summed E-state index contributed by atoms with van der Waals surface area (Å²) in [5.41, 5.74) is 1.02. The summed E-state index contributed by atoms with van der Waals surface area (Å²) in [5.74, 6) is -2.75. The fourth-order valence-electron chi connectivity index (χ4n) is 4.41. The second-order valence-electron chi connectivity index (χ2n) is 9.75. The van der Waals surface area contributed by atoms with Gasteiger partial charge in [0.25, 0.3) is 5.91 Å². The maximum atomic E-state index is 13.3. The Hall–Kier alpha value is -4.17. The van der Waals surface area contributed by atoms with Gasteiger partial charge in [-0.2, -0.15) is 5.26 Å². The number of alkyl halides is 1. The number of rotatable bonds is 10. The van der Waals surface area contributed by atoms with Crippen molar-refractivity contribution in [3.63, 3.8) is 0 Å². The molecule has 0 aromatic heterocycles. The van der Waals surface area contributed by atoms with E-state index in [1.54, 1.807) is 18.2 Å². The van der Waals surface area contributed by atoms with Gasteiger partial charge in [0, 0.05) is 34.7 Å². The molecule has 0 spiro atoms. The molecule has 0 radical (unpaired) electrons. The molecule has 2 atom stereocenters. The van der Waals surface area contributed by atoms with E-state index >= 15 is 0 Å². The molecule has 39 heavy (non-hydrogen) atoms. The summed E-state index contributed by atoms with van der Waals surface area (Å²) in [5, 5.41) is 37.5. The van der Waals surface area contributed by atoms with Crippen LogP contribution in [0.1, 0.15) is 53.1 Å². The lowest BCUT2D eigenvalue weighted by molar-refractivity contribution is -0.137. The van der Waals surface area contributed by atoms with Gasteiger partial charge in [-0.1, -0.05) is 17.7 Å². The third-order valence-electron chi connectivity index (χ3n) is 6.63. The number of carboxylic acid groups (broad SMARTS) is 1. The van der Waals surface area contributed by atoms with Crippen molar-refractivity contribution in [1.82, 2.24) is 10.6 Å². The van der Waals surface area contributed by atoms with Crippen molar-refractivity contribution in [2.75, 3.05) is 25.0 Å². The molecule has 1 aliphatic carbocycles. The number of aliphatic imine (C=N–C) groups is 1. The van der Waals surface area contributed by atoms with Crippen LogP contribution in [0.2, 0.25) is 5.02 Å². The van der Waals surface area contributed by atoms with E-state index in [9.17, 15) is 34.2 Å². The van der Waals surface area contributed by atoms with Crippen molar-refractivity contribution in [2.24, 2.45) is 4.99 Å². The van der Waals surface area contributed by atoms with E-state index < -0.39 is 35.2 Å². The number of phenols is 1. The number of carbonyl (C=O) groups excluding carboxylic acids is 2. The quantitative estimate of drug-likeness (QED) is 0.298. The molecule has 2 aliphatic rings. The molecule has 4 rings (SSSR count). The lowest BCUT2D eigenvalue weighted by Gasteiger charge is -2.19. The second kappa shape index (κ2) is 11.7. The van der Waals surface area contributed by atoms with E-state index in [2.05, 4.69) is 27.0 Å². The molecule has 2 aromatic carbocycles. The molecule has 1 saturated carbocycles. The minimum atomic E-state index is -1.10. The molecule has 0 bridgehead atoms. The number of Topliss-reactive ketones (excluding diaryl/α,β-unsaturated/α-hetero) is 1. The fourth-order valence-corrected chi connectivity index (χ4v) is 4.66. The average Bonchev–Trinajstić information content (AvgIpc) is 3.69. The zero-order valence-corrected chi connectivity index (χ0v) is 21.6. The van der Waals surface area contributed by atoms with Gasteiger partial charge in [-0.05, 0) is 48.2 Å². The van der Waals surface area contributed by atoms with Crippen LogP contribution in [0.5, 0.6) is 5.75 Å². The smallest absolute Gasteiger partial charge is 0.303 e. The number of aromatic hydroxyl groups is 1. The molecule has 1 amide bonds. The largest absolute Gasteiger partial charge is 0.508 e. The molecule has 1 unspecified atom stereocenters. The number of nitrogens with one attached hydrogen (secondary N) is 3. The molecule has 10 nitrogen and oxygen atoms in total. The van der Waals surface area contributed by atoms with Crippen molar-refractivity contribution in [1.29, 1.82) is 5.26 Å². The van der Waals surface area contributed by atoms with E-state index in [4.69, 9.17) is 11.6 Å². The Balaban J connectivity index is 1.41. The Labute approximate surface area is 228 Å². The Kier molecular flexibility index (Phi) is 8.35. The van der Waals surface area contributed by atoms with Crippen LogP contribution in [0.15, 0.2) is 41.4 Å². The number of phenolic OH excluding ortho intramolecular Hbond substituents is 1. The highest BCUT2D eigenvalue weighted by Crippen LogP contribution is 2.48. The first-order valence-electron chi connectivity index (χ1n) is 12.3. The van der Waals surface area contributed by atoms with Crippen LogP contribution in [-0.4, -0.2) is 59.6 Å². The Morgan fingerprint density at radius 3 is 2.62 bits per heavy atom. The third-order valence-corrected chi connectivity index (χ3v) is 6.85. The van der Waals surface area contributed by atoms with Gasteiger partial charge < -0.3 is 26.2 Å². The van der Waals surface area contributed by atoms with E-state index in [1.165, 1.54) is 18.2 Å². The average molecular weight is 556 g/mol. The van der Waals surface area contributed by atoms with Crippen LogP contribution < -0.4 is 16.0 Å². The summed E-state index contributed by atoms with van der Waals surface area (Å²) in [7, 11) is 0. The van der Waals surface area contributed by atoms with Crippen LogP contribution in [-0.2, 0) is 15.0 Å². The van der Waals surface area contributed by atoms with Gasteiger partial charge in [-0.25, -0.2) is 9.38 Å². The standard InChI is InChI=1S/C27H27ClFN5O5/c28-19-4-15(3-18(9-19)27(14-30)1-2-27)16(8-24(37)38)6-23(36)13-31-25(39)17-5-21(10-22(35)7-17)34-26-32-11-20(29)12-33-26/h3-5,7,9-10,16,20,35H,1-2,6,8,11-13H2,(H,31,39)(H,37,38)(H2,32,33,34)/t16-/m0/s1. The highest BCUT2D eigenvalue weighted by Gasteiger charge is 2.45. The first kappa shape index (κ1) is 27.9. The number of nitrogens with zero attached hydrogens (tertiary/aromatic N) is 2. The molecular weight excluding hydrogens is 529 g/mol. The topological polar surface area (TPSA) is 164 Å². The first-order valence-corrected chi connectivity index (χ1v) is 12.7. The normalized spacial score (nSPS) is 18.1. The first-order chi connectivity index (χ1) is 18.6. The van der Waals surface area contributed by atoms with Crippen LogP contribution in [0.4, 0.5) is 10.1 Å². The Morgan fingerprint density at radius 1 is 1.21 bits per heavy atom. The molecular formula is C27H27ClFN5O5. The highest BCUT2D eigenvalue weighted by molar-refractivity contribution is 6.30. The summed E-state index contributed by atoms with van der Waals surface area (Å²) in [6, 6.07) is 11.3. The predicted molar refractivity (Wildman–Crippen MR) is 142 cm³/mol. The number of hydrogen-bond donors (Lipinski definition) is 5. The monoisotopic (exact) mass is 555 g/mol. The SMILES string of the molecule is N#CC1(c2cc(Cl)cc([C@H](CC(=O)O)CC(=O)CNC(=O)c3cc(O)cc(NC4=NCC(F)CN4)c3)c2)CC1. The van der Waals surface area contributed by atoms with Gasteiger partial charge in [0.2, 0.25) is 0 Å². The van der Waals surface area contributed by atoms with E-state index in [1.807, 2.05) is 0 Å². The van der Waals surface area contributed by atoms with Crippen LogP contribution in [0, 0.1) is 11.3 Å². The van der Waals surface area contributed by atoms with Crippen molar-refractivity contribution >= 4 is 40.9 Å². The van der Waals surface area contributed by atoms with Crippen molar-refractivity contribution in [3.8, 4) is 11.8 Å². The number of ketones is 1. The summed E-state index contributed by atoms with van der Waals surface area (Å²) in [6.45, 7) is -0.296. The molecule has 2 aromatic rings. The number of halogens is 2. The molecule has 1 aliphatic heterocycles. The van der Waals surface area contributed by atoms with Crippen LogP contribution >= 0.6 is 11.6 Å². The van der Waals surface area contributed by atoms with Crippen molar-refractivity contribution in [2.45, 2.75) is 43.2 Å². The maximum Gasteiger partial charge on any atom is 0.303 e. The van der Waals surface area contributed by atoms with E-state index in [-0.39, 0.29) is 43.8 Å². The van der Waals surface area contributed by atoms with Crippen molar-refractivity contribution < 1.29 is 29.0 Å². The maximum absolute atomic E-state index is 13.3. The number of guanidine groups is 1. The number of carboxylic acids is 1. The second-order valence-corrected chi connectivity index (χ2v) is 10.2. The minimum Gasteiger partial charge on any atom is -0.508 e. The number of anilines is 1. The predicted octanol–water partition coefficient (Wildman–Crippen LogP) is 3.26. The lowest BCUT2D eigenvalue weighted by Crippen LogP contribution is -2.40. The van der Waals surface area contributed by atoms with Crippen molar-refractivity contribution in [3.05, 3.63) is 58.1 Å². The van der Waals surface area contributed by atoms with Gasteiger partial charge in [0.05, 0.1) is 37.5 Å². The van der Waals surface area contributed by atoms with E-state index in [0.29, 0.717) is 40.6 Å². The van der Waals surface area contributed by atoms with Gasteiger partial charge in [0.1, 0.15) is 11.9 Å². The van der Waals surface area contributed by atoms with Crippen LogP contribution in [0.3, 0.4) is 0 Å². The highest BCUT2D eigenvalue weighted by atomic mass is 35.5.